The van der Waals surface area contributed by atoms with Gasteiger partial charge in [-0.1, -0.05) is 78.3 Å². The summed E-state index contributed by atoms with van der Waals surface area (Å²) < 4.78 is 31.6. The molecule has 2 N–H and O–H groups in total. The van der Waals surface area contributed by atoms with E-state index in [-0.39, 0.29) is 30.4 Å². The lowest BCUT2D eigenvalue weighted by molar-refractivity contribution is 0.0663. The Labute approximate surface area is 274 Å². The summed E-state index contributed by atoms with van der Waals surface area (Å²) in [5, 5.41) is 3.79. The highest BCUT2D eigenvalue weighted by Crippen LogP contribution is 2.44. The van der Waals surface area contributed by atoms with Gasteiger partial charge in [-0.15, -0.1) is 0 Å². The highest BCUT2D eigenvalue weighted by molar-refractivity contribution is 7.92. The summed E-state index contributed by atoms with van der Waals surface area (Å²) in [5.74, 6) is -0.0989. The number of ether oxygens (including phenoxy) is 1. The van der Waals surface area contributed by atoms with Gasteiger partial charge < -0.3 is 15.0 Å². The minimum atomic E-state index is -3.46. The first-order valence-corrected chi connectivity index (χ1v) is 17.6. The van der Waals surface area contributed by atoms with Gasteiger partial charge in [0.05, 0.1) is 6.26 Å². The first-order valence-electron chi connectivity index (χ1n) is 15.4. The number of alkyl carbamates (subject to hydrolysis) is 1. The normalized spacial score (nSPS) is 15.5. The monoisotopic (exact) mass is 657 g/mol. The third-order valence-electron chi connectivity index (χ3n) is 8.80. The number of fused-ring (bicyclic) bond motifs is 3. The van der Waals surface area contributed by atoms with E-state index in [1.165, 1.54) is 11.1 Å². The average Bonchev–Trinajstić information content (AvgIpc) is 3.36. The van der Waals surface area contributed by atoms with Gasteiger partial charge in [-0.3, -0.25) is 9.52 Å². The Balaban J connectivity index is 1.12. The fraction of sp³-hybridized carbons (Fsp3) is 0.278. The second-order valence-corrected chi connectivity index (χ2v) is 14.2. The first-order chi connectivity index (χ1) is 22.1. The van der Waals surface area contributed by atoms with E-state index in [0.717, 1.165) is 22.9 Å². The number of benzene rings is 4. The summed E-state index contributed by atoms with van der Waals surface area (Å²) in [5.41, 5.74) is 6.42. The third-order valence-corrected chi connectivity index (χ3v) is 9.64. The number of likely N-dealkylation sites (tertiary alicyclic amines) is 1. The lowest BCUT2D eigenvalue weighted by Gasteiger charge is -2.36. The number of amides is 2. The highest BCUT2D eigenvalue weighted by Gasteiger charge is 2.32. The average molecular weight is 658 g/mol. The van der Waals surface area contributed by atoms with Crippen molar-refractivity contribution in [3.05, 3.63) is 124 Å². The van der Waals surface area contributed by atoms with Crippen LogP contribution in [0.4, 0.5) is 10.5 Å². The standard InChI is InChI=1S/C36H36ClN3O5S/c1-46(43,44)39-28-11-7-9-26(22-28)35(41)40-18-16-25(17-19-40)34(21-24-8-6-10-27(37)20-24)38-36(42)45-23-33-31-14-4-2-12-29(31)30-13-3-5-15-32(30)33/h2-15,20,22,25,33-34,39H,16-19,21,23H2,1H3,(H,38,42). The molecule has 2 amide bonds. The molecular weight excluding hydrogens is 622 g/mol. The van der Waals surface area contributed by atoms with Gasteiger partial charge >= 0.3 is 6.09 Å². The maximum absolute atomic E-state index is 13.3. The number of carbonyl (C=O) groups excluding carboxylic acids is 2. The molecule has 2 aliphatic rings. The molecule has 0 radical (unpaired) electrons. The van der Waals surface area contributed by atoms with E-state index in [1.54, 1.807) is 29.2 Å². The predicted molar refractivity (Wildman–Crippen MR) is 181 cm³/mol. The van der Waals surface area contributed by atoms with Crippen molar-refractivity contribution in [3.63, 3.8) is 0 Å². The van der Waals surface area contributed by atoms with Gasteiger partial charge in [-0.25, -0.2) is 13.2 Å². The highest BCUT2D eigenvalue weighted by atomic mass is 35.5. The molecule has 0 bridgehead atoms. The zero-order chi connectivity index (χ0) is 32.3. The largest absolute Gasteiger partial charge is 0.449 e. The van der Waals surface area contributed by atoms with Gasteiger partial charge in [0.2, 0.25) is 10.0 Å². The van der Waals surface area contributed by atoms with Crippen molar-refractivity contribution >= 4 is 39.3 Å². The maximum atomic E-state index is 13.3. The minimum absolute atomic E-state index is 0.0371. The number of hydrogen-bond acceptors (Lipinski definition) is 5. The lowest BCUT2D eigenvalue weighted by Crippen LogP contribution is -2.48. The molecule has 1 aliphatic carbocycles. The summed E-state index contributed by atoms with van der Waals surface area (Å²) in [6.45, 7) is 1.24. The molecule has 10 heteroatoms. The SMILES string of the molecule is CS(=O)(=O)Nc1cccc(C(=O)N2CCC(C(Cc3cccc(Cl)c3)NC(=O)OCC3c4ccccc4-c4ccccc43)CC2)c1. The lowest BCUT2D eigenvalue weighted by atomic mass is 9.85. The Morgan fingerprint density at radius 2 is 1.54 bits per heavy atom. The van der Waals surface area contributed by atoms with E-state index in [0.29, 0.717) is 48.6 Å². The van der Waals surface area contributed by atoms with Crippen molar-refractivity contribution < 1.29 is 22.7 Å². The van der Waals surface area contributed by atoms with Crippen LogP contribution in [0.5, 0.6) is 0 Å². The molecule has 1 unspecified atom stereocenters. The van der Waals surface area contributed by atoms with Gasteiger partial charge in [-0.05, 0) is 83.3 Å². The summed E-state index contributed by atoms with van der Waals surface area (Å²) in [6.07, 6.45) is 2.54. The number of nitrogens with one attached hydrogen (secondary N) is 2. The van der Waals surface area contributed by atoms with Gasteiger partial charge in [0.25, 0.3) is 5.91 Å². The van der Waals surface area contributed by atoms with E-state index in [2.05, 4.69) is 34.3 Å². The van der Waals surface area contributed by atoms with E-state index in [1.807, 2.05) is 48.5 Å². The van der Waals surface area contributed by atoms with E-state index in [4.69, 9.17) is 16.3 Å². The quantitative estimate of drug-likeness (QED) is 0.208. The number of nitrogens with zero attached hydrogens (tertiary/aromatic N) is 1. The number of halogens is 1. The molecular formula is C36H36ClN3O5S. The number of piperidine rings is 1. The van der Waals surface area contributed by atoms with Crippen LogP contribution >= 0.6 is 11.6 Å². The Bertz CT molecular complexity index is 1810. The molecule has 1 heterocycles. The zero-order valence-corrected chi connectivity index (χ0v) is 27.1. The van der Waals surface area contributed by atoms with Gasteiger partial charge in [0, 0.05) is 41.3 Å². The van der Waals surface area contributed by atoms with Crippen LogP contribution in [0.15, 0.2) is 97.1 Å². The number of sulfonamides is 1. The van der Waals surface area contributed by atoms with Crippen LogP contribution < -0.4 is 10.0 Å². The Morgan fingerprint density at radius 1 is 0.891 bits per heavy atom. The number of hydrogen-bond donors (Lipinski definition) is 2. The van der Waals surface area contributed by atoms with Gasteiger partial charge in [0.1, 0.15) is 6.61 Å². The predicted octanol–water partition coefficient (Wildman–Crippen LogP) is 6.71. The summed E-state index contributed by atoms with van der Waals surface area (Å²) >= 11 is 6.29. The van der Waals surface area contributed by atoms with Crippen molar-refractivity contribution in [1.29, 1.82) is 0 Å². The van der Waals surface area contributed by atoms with E-state index < -0.39 is 16.1 Å². The summed E-state index contributed by atoms with van der Waals surface area (Å²) in [6, 6.07) is 30.4. The molecule has 0 saturated carbocycles. The minimum Gasteiger partial charge on any atom is -0.449 e. The van der Waals surface area contributed by atoms with Crippen molar-refractivity contribution in [1.82, 2.24) is 10.2 Å². The van der Waals surface area contributed by atoms with Crippen LogP contribution in [-0.4, -0.2) is 57.3 Å². The second-order valence-electron chi connectivity index (χ2n) is 12.0. The molecule has 1 fully saturated rings. The number of anilines is 1. The second kappa shape index (κ2) is 13.6. The molecule has 0 aromatic heterocycles. The summed E-state index contributed by atoms with van der Waals surface area (Å²) in [4.78, 5) is 28.5. The Morgan fingerprint density at radius 3 is 2.20 bits per heavy atom. The molecule has 4 aromatic rings. The van der Waals surface area contributed by atoms with Crippen LogP contribution in [0.25, 0.3) is 11.1 Å². The van der Waals surface area contributed by atoms with Crippen LogP contribution in [0, 0.1) is 5.92 Å². The maximum Gasteiger partial charge on any atom is 0.407 e. The summed E-state index contributed by atoms with van der Waals surface area (Å²) in [7, 11) is -3.46. The van der Waals surface area contributed by atoms with Gasteiger partial charge in [-0.2, -0.15) is 0 Å². The smallest absolute Gasteiger partial charge is 0.407 e. The molecule has 1 saturated heterocycles. The molecule has 1 atom stereocenters. The Kier molecular flexibility index (Phi) is 9.33. The fourth-order valence-corrected chi connectivity index (χ4v) is 7.43. The molecule has 4 aromatic carbocycles. The molecule has 46 heavy (non-hydrogen) atoms. The number of rotatable bonds is 9. The van der Waals surface area contributed by atoms with Crippen LogP contribution in [0.2, 0.25) is 5.02 Å². The van der Waals surface area contributed by atoms with E-state index >= 15 is 0 Å². The van der Waals surface area contributed by atoms with Crippen molar-refractivity contribution in [2.45, 2.75) is 31.2 Å². The molecule has 1 aliphatic heterocycles. The first kappa shape index (κ1) is 31.6. The molecule has 238 valence electrons. The van der Waals surface area contributed by atoms with Crippen LogP contribution in [0.3, 0.4) is 0 Å². The molecule has 0 spiro atoms. The van der Waals surface area contributed by atoms with E-state index in [9.17, 15) is 18.0 Å². The Hall–Kier alpha value is -4.34. The van der Waals surface area contributed by atoms with Gasteiger partial charge in [0.15, 0.2) is 0 Å². The molecule has 6 rings (SSSR count). The topological polar surface area (TPSA) is 105 Å². The fourth-order valence-electron chi connectivity index (χ4n) is 6.66. The van der Waals surface area contributed by atoms with Crippen LogP contribution in [0.1, 0.15) is 45.8 Å². The third kappa shape index (κ3) is 7.37. The molecule has 8 nitrogen and oxygen atoms in total. The van der Waals surface area contributed by atoms with Crippen LogP contribution in [-0.2, 0) is 21.2 Å². The number of carbonyl (C=O) groups is 2. The van der Waals surface area contributed by atoms with Crippen molar-refractivity contribution in [2.24, 2.45) is 5.92 Å². The van der Waals surface area contributed by atoms with Crippen molar-refractivity contribution in [2.75, 3.05) is 30.7 Å². The zero-order valence-electron chi connectivity index (χ0n) is 25.5. The van der Waals surface area contributed by atoms with Crippen molar-refractivity contribution in [3.8, 4) is 11.1 Å².